The second-order valence-corrected chi connectivity index (χ2v) is 5.67. The van der Waals surface area contributed by atoms with Gasteiger partial charge in [-0.15, -0.1) is 0 Å². The molecule has 4 rings (SSSR count). The molecular formula is C17H17N5O4. The van der Waals surface area contributed by atoms with Crippen LogP contribution in [0.3, 0.4) is 0 Å². The van der Waals surface area contributed by atoms with E-state index >= 15 is 0 Å². The van der Waals surface area contributed by atoms with Gasteiger partial charge in [0.1, 0.15) is 0 Å². The molecule has 9 nitrogen and oxygen atoms in total. The smallest absolute Gasteiger partial charge is 0.320 e. The van der Waals surface area contributed by atoms with Crippen LogP contribution in [0.25, 0.3) is 11.2 Å². The summed E-state index contributed by atoms with van der Waals surface area (Å²) in [5.74, 6) is 1.33. The molecule has 1 aromatic carbocycles. The van der Waals surface area contributed by atoms with Gasteiger partial charge in [-0.05, 0) is 23.8 Å². The molecule has 134 valence electrons. The molecule has 2 aromatic heterocycles. The lowest BCUT2D eigenvalue weighted by atomic mass is 10.2. The highest BCUT2D eigenvalue weighted by Gasteiger charge is 2.18. The number of rotatable bonds is 1. The van der Waals surface area contributed by atoms with Gasteiger partial charge in [0, 0.05) is 6.42 Å². The Balaban J connectivity index is 1.87. The molecule has 3 aromatic rings. The van der Waals surface area contributed by atoms with Gasteiger partial charge in [-0.1, -0.05) is 6.07 Å². The molecule has 0 unspecified atom stereocenters. The number of ether oxygens (including phenoxy) is 3. The second kappa shape index (κ2) is 6.43. The summed E-state index contributed by atoms with van der Waals surface area (Å²) < 4.78 is 18.1. The Kier molecular flexibility index (Phi) is 3.96. The van der Waals surface area contributed by atoms with E-state index in [0.717, 1.165) is 5.56 Å². The van der Waals surface area contributed by atoms with Gasteiger partial charge in [-0.25, -0.2) is 0 Å². The summed E-state index contributed by atoms with van der Waals surface area (Å²) in [7, 11) is 1.58. The fourth-order valence-electron chi connectivity index (χ4n) is 2.70. The SMILES string of the molecule is COc1ccc2cc1O/C=C\CCOc1nc(N)c3nc(O)n(c3n1)C2. The highest BCUT2D eigenvalue weighted by atomic mass is 16.5. The molecule has 3 heterocycles. The van der Waals surface area contributed by atoms with Gasteiger partial charge >= 0.3 is 6.01 Å². The molecule has 9 heteroatoms. The molecule has 3 N–H and O–H groups in total. The van der Waals surface area contributed by atoms with Crippen LogP contribution in [0.4, 0.5) is 5.82 Å². The van der Waals surface area contributed by atoms with Crippen LogP contribution < -0.4 is 19.9 Å². The third-order valence-corrected chi connectivity index (χ3v) is 3.96. The Morgan fingerprint density at radius 3 is 3.00 bits per heavy atom. The van der Waals surface area contributed by atoms with Crippen LogP contribution in [0.5, 0.6) is 23.5 Å². The van der Waals surface area contributed by atoms with Crippen LogP contribution in [0, 0.1) is 0 Å². The predicted molar refractivity (Wildman–Crippen MR) is 93.4 cm³/mol. The fourth-order valence-corrected chi connectivity index (χ4v) is 2.70. The fraction of sp³-hybridized carbons (Fsp3) is 0.235. The third kappa shape index (κ3) is 2.83. The molecule has 0 saturated carbocycles. The summed E-state index contributed by atoms with van der Waals surface area (Å²) >= 11 is 0. The molecule has 0 radical (unpaired) electrons. The van der Waals surface area contributed by atoms with Crippen LogP contribution in [0.15, 0.2) is 30.5 Å². The quantitative estimate of drug-likeness (QED) is 0.679. The maximum absolute atomic E-state index is 10.2. The Hall–Kier alpha value is -3.49. The standard InChI is InChI=1S/C17H17N5O4/c1-24-11-5-4-10-8-12(11)25-6-2-3-7-26-16-20-14(18)13-15(21-16)22(9-10)17(23)19-13/h2,4-6,8H,3,7,9H2,1H3,(H,19,23)(H2,18,20,21)/b6-2-. The summed E-state index contributed by atoms with van der Waals surface area (Å²) in [5, 5.41) is 10.2. The lowest BCUT2D eigenvalue weighted by molar-refractivity contribution is 0.299. The van der Waals surface area contributed by atoms with Crippen LogP contribution in [0.1, 0.15) is 12.0 Å². The highest BCUT2D eigenvalue weighted by molar-refractivity contribution is 5.83. The molecule has 0 spiro atoms. The number of nitrogens with zero attached hydrogens (tertiary/aromatic N) is 4. The van der Waals surface area contributed by atoms with Gasteiger partial charge < -0.3 is 25.1 Å². The van der Waals surface area contributed by atoms with Gasteiger partial charge in [-0.2, -0.15) is 15.0 Å². The minimum absolute atomic E-state index is 0.137. The van der Waals surface area contributed by atoms with E-state index in [1.54, 1.807) is 19.4 Å². The van der Waals surface area contributed by atoms with Crippen molar-refractivity contribution in [2.45, 2.75) is 13.0 Å². The molecule has 0 saturated heterocycles. The minimum Gasteiger partial charge on any atom is -0.493 e. The molecule has 1 aliphatic heterocycles. The number of aromatic hydroxyl groups is 1. The van der Waals surface area contributed by atoms with E-state index in [9.17, 15) is 5.11 Å². The Bertz CT molecular complexity index is 998. The van der Waals surface area contributed by atoms with Gasteiger partial charge in [0.15, 0.2) is 28.5 Å². The van der Waals surface area contributed by atoms with Gasteiger partial charge in [-0.3, -0.25) is 4.57 Å². The Labute approximate surface area is 148 Å². The normalized spacial score (nSPS) is 15.1. The van der Waals surface area contributed by atoms with Crippen LogP contribution in [-0.2, 0) is 6.54 Å². The highest BCUT2D eigenvalue weighted by Crippen LogP contribution is 2.31. The average Bonchev–Trinajstić information content (AvgIpc) is 2.94. The molecule has 0 atom stereocenters. The van der Waals surface area contributed by atoms with Crippen molar-refractivity contribution in [3.8, 4) is 23.5 Å². The predicted octanol–water partition coefficient (Wildman–Crippen LogP) is 1.85. The van der Waals surface area contributed by atoms with E-state index in [1.165, 1.54) is 4.57 Å². The van der Waals surface area contributed by atoms with Crippen molar-refractivity contribution in [3.63, 3.8) is 0 Å². The molecule has 0 amide bonds. The largest absolute Gasteiger partial charge is 0.493 e. The first kappa shape index (κ1) is 16.0. The third-order valence-electron chi connectivity index (χ3n) is 3.96. The monoisotopic (exact) mass is 355 g/mol. The number of aromatic nitrogens is 4. The first-order valence-electron chi connectivity index (χ1n) is 8.00. The van der Waals surface area contributed by atoms with E-state index in [-0.39, 0.29) is 17.8 Å². The summed E-state index contributed by atoms with van der Waals surface area (Å²) in [6.45, 7) is 0.657. The maximum Gasteiger partial charge on any atom is 0.320 e. The van der Waals surface area contributed by atoms with Crippen LogP contribution in [0.2, 0.25) is 0 Å². The zero-order chi connectivity index (χ0) is 18.1. The van der Waals surface area contributed by atoms with Crippen LogP contribution in [-0.4, -0.2) is 38.3 Å². The number of nitrogen functional groups attached to an aromatic ring is 1. The van der Waals surface area contributed by atoms with Crippen LogP contribution >= 0.6 is 0 Å². The number of methoxy groups -OCH3 is 1. The summed E-state index contributed by atoms with van der Waals surface area (Å²) in [4.78, 5) is 12.5. The van der Waals surface area contributed by atoms with Crippen molar-refractivity contribution in [1.29, 1.82) is 0 Å². The summed E-state index contributed by atoms with van der Waals surface area (Å²) in [5.41, 5.74) is 7.53. The number of fused-ring (bicyclic) bond motifs is 3. The minimum atomic E-state index is -0.205. The first-order valence-corrected chi connectivity index (χ1v) is 8.00. The Morgan fingerprint density at radius 1 is 1.27 bits per heavy atom. The summed E-state index contributed by atoms with van der Waals surface area (Å²) in [6, 6.07) is 5.44. The van der Waals surface area contributed by atoms with Crippen molar-refractivity contribution < 1.29 is 19.3 Å². The summed E-state index contributed by atoms with van der Waals surface area (Å²) in [6.07, 6.45) is 4.00. The van der Waals surface area contributed by atoms with Gasteiger partial charge in [0.05, 0.1) is 26.5 Å². The topological polar surface area (TPSA) is 118 Å². The number of hydrogen-bond acceptors (Lipinski definition) is 8. The van der Waals surface area contributed by atoms with E-state index in [1.807, 2.05) is 18.2 Å². The van der Waals surface area contributed by atoms with Crippen molar-refractivity contribution in [2.75, 3.05) is 19.5 Å². The van der Waals surface area contributed by atoms with Crippen molar-refractivity contribution in [2.24, 2.45) is 0 Å². The van der Waals surface area contributed by atoms with E-state index in [2.05, 4.69) is 15.0 Å². The lowest BCUT2D eigenvalue weighted by Crippen LogP contribution is -2.06. The zero-order valence-corrected chi connectivity index (χ0v) is 14.0. The molecule has 0 fully saturated rings. The number of nitrogens with two attached hydrogens (primary N) is 1. The number of benzene rings is 1. The lowest BCUT2D eigenvalue weighted by Gasteiger charge is -2.12. The van der Waals surface area contributed by atoms with E-state index in [4.69, 9.17) is 19.9 Å². The first-order chi connectivity index (χ1) is 12.7. The molecule has 26 heavy (non-hydrogen) atoms. The second-order valence-electron chi connectivity index (χ2n) is 5.67. The van der Waals surface area contributed by atoms with Gasteiger partial charge in [0.25, 0.3) is 6.01 Å². The van der Waals surface area contributed by atoms with Crippen molar-refractivity contribution in [3.05, 3.63) is 36.1 Å². The van der Waals surface area contributed by atoms with E-state index in [0.29, 0.717) is 42.2 Å². The molecular weight excluding hydrogens is 338 g/mol. The molecule has 4 bridgehead atoms. The van der Waals surface area contributed by atoms with Crippen molar-refractivity contribution >= 4 is 17.0 Å². The molecule has 0 aliphatic carbocycles. The zero-order valence-electron chi connectivity index (χ0n) is 14.0. The van der Waals surface area contributed by atoms with Gasteiger partial charge in [0.2, 0.25) is 0 Å². The number of imidazole rings is 1. The van der Waals surface area contributed by atoms with E-state index < -0.39 is 0 Å². The average molecular weight is 355 g/mol. The Morgan fingerprint density at radius 2 is 2.15 bits per heavy atom. The number of anilines is 1. The maximum atomic E-state index is 10.2. The van der Waals surface area contributed by atoms with Crippen molar-refractivity contribution in [1.82, 2.24) is 19.5 Å². The number of hydrogen-bond donors (Lipinski definition) is 2. The molecule has 1 aliphatic rings.